The first kappa shape index (κ1) is 43.1. The summed E-state index contributed by atoms with van der Waals surface area (Å²) in [5, 5.41) is 3.27. The van der Waals surface area contributed by atoms with E-state index < -0.39 is 0 Å². The Hall–Kier alpha value is -3.44. The molecule has 0 heterocycles. The van der Waals surface area contributed by atoms with Gasteiger partial charge in [0.15, 0.2) is 0 Å². The highest BCUT2D eigenvalue weighted by Crippen LogP contribution is 2.67. The molecule has 1 unspecified atom stereocenters. The molecule has 6 rings (SSSR count). The van der Waals surface area contributed by atoms with Gasteiger partial charge < -0.3 is 27.3 Å². The van der Waals surface area contributed by atoms with Crippen LogP contribution in [0, 0.1) is 58.2 Å². The molecule has 8 atom stereocenters. The number of carbonyl (C=O) groups excluding carboxylic acids is 2. The molecule has 57 heavy (non-hydrogen) atoms. The molecular formula is C50H75N4O3+3. The average Bonchev–Trinajstić information content (AvgIpc) is 3.55. The van der Waals surface area contributed by atoms with Crippen molar-refractivity contribution in [2.45, 2.75) is 136 Å². The molecule has 1 amide bonds. The lowest BCUT2D eigenvalue weighted by atomic mass is 9.47. The number of allylic oxidation sites excluding steroid dienone is 1. The Morgan fingerprint density at radius 2 is 1.42 bits per heavy atom. The van der Waals surface area contributed by atoms with Crippen LogP contribution in [0.2, 0.25) is 0 Å². The fraction of sp³-hybridized carbons (Fsp3) is 0.640. The molecule has 10 N–H and O–H groups in total. The number of carbonyl (C=O) groups is 2. The maximum absolute atomic E-state index is 13.4. The van der Waals surface area contributed by atoms with Crippen LogP contribution in [0.3, 0.4) is 0 Å². The molecule has 4 aliphatic carbocycles. The van der Waals surface area contributed by atoms with Gasteiger partial charge in [-0.05, 0) is 140 Å². The topological polar surface area (TPSA) is 138 Å². The fourth-order valence-corrected chi connectivity index (χ4v) is 12.4. The van der Waals surface area contributed by atoms with Crippen LogP contribution in [0.25, 0.3) is 0 Å². The second-order valence-corrected chi connectivity index (χ2v) is 19.5. The Labute approximate surface area is 344 Å². The molecule has 0 saturated heterocycles. The van der Waals surface area contributed by atoms with E-state index in [0.717, 1.165) is 105 Å². The lowest BCUT2D eigenvalue weighted by Gasteiger charge is -2.58. The van der Waals surface area contributed by atoms with Crippen LogP contribution in [-0.4, -0.2) is 43.2 Å². The number of fused-ring (bicyclic) bond motifs is 5. The first-order valence-electron chi connectivity index (χ1n) is 22.7. The molecule has 0 aromatic heterocycles. The van der Waals surface area contributed by atoms with Crippen LogP contribution in [-0.2, 0) is 4.74 Å². The van der Waals surface area contributed by atoms with Crippen LogP contribution in [0.15, 0.2) is 60.2 Å². The van der Waals surface area contributed by atoms with Gasteiger partial charge in [-0.3, -0.25) is 4.79 Å². The second-order valence-electron chi connectivity index (χ2n) is 19.5. The number of amides is 1. The van der Waals surface area contributed by atoms with E-state index in [1.54, 1.807) is 5.57 Å². The van der Waals surface area contributed by atoms with E-state index in [1.807, 2.05) is 48.5 Å². The van der Waals surface area contributed by atoms with E-state index in [4.69, 9.17) is 4.74 Å². The third-order valence-corrected chi connectivity index (χ3v) is 15.5. The standard InChI is InChI=1S/C50H72N4O3/c1-34(2)7-6-8-35(3)43-21-22-44-42-20-19-40-33-41(23-25-48(40,4)45(42)24-26-49(43,44)5)57-47(56)39-17-13-37(14-18-39)10-9-36-11-15-38(16-12-36)46(55)54-50(27-30-51,28-31-52)29-32-53/h11-19,34-35,41-45H,6-8,20-33,51-53H2,1-5H3,(H,54,55)/p+3/t35-,41?,42+,43-,44+,45+,48+,49-/m1/s1. The zero-order chi connectivity index (χ0) is 40.8. The number of benzene rings is 2. The minimum atomic E-state index is -0.322. The minimum Gasteiger partial charge on any atom is -0.458 e. The monoisotopic (exact) mass is 780 g/mol. The van der Waals surface area contributed by atoms with Crippen molar-refractivity contribution >= 4 is 11.9 Å². The van der Waals surface area contributed by atoms with Crippen LogP contribution in [0.5, 0.6) is 0 Å². The molecule has 3 fully saturated rings. The summed E-state index contributed by atoms with van der Waals surface area (Å²) in [5.74, 6) is 11.0. The Kier molecular flexibility index (Phi) is 14.1. The molecule has 2 aromatic carbocycles. The van der Waals surface area contributed by atoms with Crippen LogP contribution in [0.1, 0.15) is 156 Å². The quantitative estimate of drug-likeness (QED) is 0.0879. The molecule has 0 bridgehead atoms. The van der Waals surface area contributed by atoms with Gasteiger partial charge in [-0.1, -0.05) is 77.4 Å². The Morgan fingerprint density at radius 3 is 2.02 bits per heavy atom. The first-order chi connectivity index (χ1) is 27.3. The van der Waals surface area contributed by atoms with E-state index in [1.165, 1.54) is 51.4 Å². The number of ether oxygens (including phenoxy) is 1. The molecule has 0 radical (unpaired) electrons. The Bertz CT molecular complexity index is 1760. The summed E-state index contributed by atoms with van der Waals surface area (Å²) in [5.41, 5.74) is 16.8. The summed E-state index contributed by atoms with van der Waals surface area (Å²) in [6, 6.07) is 14.8. The van der Waals surface area contributed by atoms with E-state index in [0.29, 0.717) is 16.5 Å². The van der Waals surface area contributed by atoms with Gasteiger partial charge in [-0.2, -0.15) is 0 Å². The van der Waals surface area contributed by atoms with Gasteiger partial charge in [0.1, 0.15) is 6.10 Å². The van der Waals surface area contributed by atoms with Crippen molar-refractivity contribution in [1.29, 1.82) is 0 Å². The molecule has 310 valence electrons. The van der Waals surface area contributed by atoms with Gasteiger partial charge >= 0.3 is 5.97 Å². The summed E-state index contributed by atoms with van der Waals surface area (Å²) >= 11 is 0. The highest BCUT2D eigenvalue weighted by atomic mass is 16.5. The largest absolute Gasteiger partial charge is 0.458 e. The molecule has 3 saturated carbocycles. The molecule has 7 heteroatoms. The van der Waals surface area contributed by atoms with Crippen LogP contribution >= 0.6 is 0 Å². The van der Waals surface area contributed by atoms with E-state index in [9.17, 15) is 9.59 Å². The molecule has 0 aliphatic heterocycles. The lowest BCUT2D eigenvalue weighted by molar-refractivity contribution is -0.387. The van der Waals surface area contributed by atoms with Gasteiger partial charge in [0.2, 0.25) is 0 Å². The average molecular weight is 780 g/mol. The maximum atomic E-state index is 13.4. The second kappa shape index (κ2) is 18.6. The van der Waals surface area contributed by atoms with E-state index >= 15 is 0 Å². The van der Waals surface area contributed by atoms with Crippen molar-refractivity contribution in [3.63, 3.8) is 0 Å². The summed E-state index contributed by atoms with van der Waals surface area (Å²) in [4.78, 5) is 26.6. The van der Waals surface area contributed by atoms with E-state index in [-0.39, 0.29) is 28.9 Å². The van der Waals surface area contributed by atoms with Crippen LogP contribution in [0.4, 0.5) is 0 Å². The fourth-order valence-electron chi connectivity index (χ4n) is 12.4. The predicted molar refractivity (Wildman–Crippen MR) is 228 cm³/mol. The number of quaternary nitrogens is 3. The summed E-state index contributed by atoms with van der Waals surface area (Å²) in [7, 11) is 0. The van der Waals surface area contributed by atoms with Crippen molar-refractivity contribution in [3.8, 4) is 11.8 Å². The summed E-state index contributed by atoms with van der Waals surface area (Å²) in [6.45, 7) is 14.8. The summed E-state index contributed by atoms with van der Waals surface area (Å²) < 4.78 is 6.19. The lowest BCUT2D eigenvalue weighted by Crippen LogP contribution is -2.64. The third-order valence-electron chi connectivity index (χ3n) is 15.5. The smallest absolute Gasteiger partial charge is 0.338 e. The Balaban J connectivity index is 1.02. The normalized spacial score (nSPS) is 28.6. The first-order valence-corrected chi connectivity index (χ1v) is 22.7. The van der Waals surface area contributed by atoms with Crippen molar-refractivity contribution in [3.05, 3.63) is 82.4 Å². The minimum absolute atomic E-state index is 0.0679. The van der Waals surface area contributed by atoms with Gasteiger partial charge in [0.25, 0.3) is 5.91 Å². The molecule has 2 aromatic rings. The number of rotatable bonds is 15. The predicted octanol–water partition coefficient (Wildman–Crippen LogP) is 7.02. The number of esters is 1. The van der Waals surface area contributed by atoms with Gasteiger partial charge in [-0.25, -0.2) is 4.79 Å². The highest BCUT2D eigenvalue weighted by Gasteiger charge is 2.59. The van der Waals surface area contributed by atoms with Gasteiger partial charge in [0.05, 0.1) is 30.7 Å². The third kappa shape index (κ3) is 9.56. The molecule has 0 spiro atoms. The highest BCUT2D eigenvalue weighted by molar-refractivity contribution is 5.94. The van der Waals surface area contributed by atoms with Gasteiger partial charge in [0, 0.05) is 42.4 Å². The van der Waals surface area contributed by atoms with Crippen LogP contribution < -0.4 is 22.5 Å². The van der Waals surface area contributed by atoms with Crippen molar-refractivity contribution < 1.29 is 31.5 Å². The Morgan fingerprint density at radius 1 is 0.807 bits per heavy atom. The van der Waals surface area contributed by atoms with E-state index in [2.05, 4.69) is 75.1 Å². The number of hydrogen-bond donors (Lipinski definition) is 4. The molecular weight excluding hydrogens is 705 g/mol. The van der Waals surface area contributed by atoms with Crippen molar-refractivity contribution in [1.82, 2.24) is 5.32 Å². The summed E-state index contributed by atoms with van der Waals surface area (Å²) in [6.07, 6.45) is 18.8. The maximum Gasteiger partial charge on any atom is 0.338 e. The zero-order valence-corrected chi connectivity index (χ0v) is 36.1. The number of nitrogens with one attached hydrogen (secondary N) is 1. The van der Waals surface area contributed by atoms with Gasteiger partial charge in [-0.15, -0.1) is 0 Å². The zero-order valence-electron chi connectivity index (χ0n) is 36.1. The number of hydrogen-bond acceptors (Lipinski definition) is 3. The SMILES string of the molecule is CC(C)CCC[C@@H](C)[C@H]1CC[C@H]2[C@@H]3CC=C4CC(OC(=O)c5ccc(C#Cc6ccc(C(=O)NC(CC[NH3+])(CC[NH3+])CC[NH3+])cc6)cc5)CC[C@]4(C)[C@H]3CC[C@]12C. The molecule has 4 aliphatic rings. The van der Waals surface area contributed by atoms with Crippen molar-refractivity contribution in [2.75, 3.05) is 19.6 Å². The molecule has 7 nitrogen and oxygen atoms in total. The van der Waals surface area contributed by atoms with Crippen molar-refractivity contribution in [2.24, 2.45) is 46.3 Å².